The van der Waals surface area contributed by atoms with E-state index in [2.05, 4.69) is 43.1 Å². The minimum atomic E-state index is 0.525. The van der Waals surface area contributed by atoms with Crippen LogP contribution < -0.4 is 0 Å². The summed E-state index contributed by atoms with van der Waals surface area (Å²) in [5.41, 5.74) is 0.525. The summed E-state index contributed by atoms with van der Waals surface area (Å²) in [7, 11) is 0. The first-order valence-electron chi connectivity index (χ1n) is 7.13. The number of hydrogen-bond donors (Lipinski definition) is 1. The first kappa shape index (κ1) is 14.1. The Bertz CT molecular complexity index is 238. The smallest absolute Gasteiger partial charge is 0.0184 e. The molecular weight excluding hydrogens is 246 g/mol. The maximum atomic E-state index is 4.67. The largest absolute Gasteiger partial charge is 0.298 e. The zero-order valence-electron chi connectivity index (χ0n) is 11.3. The zero-order chi connectivity index (χ0) is 12.3. The molecule has 1 saturated heterocycles. The van der Waals surface area contributed by atoms with Gasteiger partial charge in [0.25, 0.3) is 0 Å². The highest BCUT2D eigenvalue weighted by molar-refractivity contribution is 8.00. The van der Waals surface area contributed by atoms with Gasteiger partial charge in [-0.15, -0.1) is 0 Å². The fourth-order valence-electron chi connectivity index (χ4n) is 3.32. The Morgan fingerprint density at radius 2 is 1.94 bits per heavy atom. The van der Waals surface area contributed by atoms with Crippen LogP contribution in [0.5, 0.6) is 0 Å². The Balaban J connectivity index is 1.97. The maximum absolute atomic E-state index is 4.67. The van der Waals surface area contributed by atoms with Crippen LogP contribution in [0.1, 0.15) is 46.0 Å². The number of nitrogens with zero attached hydrogens (tertiary/aromatic N) is 1. The third kappa shape index (κ3) is 3.36. The van der Waals surface area contributed by atoms with Crippen LogP contribution in [-0.4, -0.2) is 40.8 Å². The molecule has 1 aliphatic carbocycles. The SMILES string of the molecule is CC1SCCN(CC2(CS)CCCCC2)C1C. The van der Waals surface area contributed by atoms with Gasteiger partial charge in [-0.1, -0.05) is 26.2 Å². The summed E-state index contributed by atoms with van der Waals surface area (Å²) in [5.74, 6) is 2.39. The molecule has 0 radical (unpaired) electrons. The molecule has 2 rings (SSSR count). The van der Waals surface area contributed by atoms with Gasteiger partial charge in [0.05, 0.1) is 0 Å². The second kappa shape index (κ2) is 6.21. The first-order chi connectivity index (χ1) is 8.17. The quantitative estimate of drug-likeness (QED) is 0.781. The summed E-state index contributed by atoms with van der Waals surface area (Å²) in [6.07, 6.45) is 7.10. The van der Waals surface area contributed by atoms with Gasteiger partial charge < -0.3 is 0 Å². The molecule has 1 heterocycles. The Kier molecular flexibility index (Phi) is 5.14. The Morgan fingerprint density at radius 3 is 2.59 bits per heavy atom. The first-order valence-corrected chi connectivity index (χ1v) is 8.81. The van der Waals surface area contributed by atoms with Crippen molar-refractivity contribution in [3.8, 4) is 0 Å². The lowest BCUT2D eigenvalue weighted by Crippen LogP contribution is -2.50. The third-order valence-electron chi connectivity index (χ3n) is 4.80. The molecule has 17 heavy (non-hydrogen) atoms. The van der Waals surface area contributed by atoms with Crippen molar-refractivity contribution in [2.45, 2.75) is 57.2 Å². The molecule has 100 valence electrons. The maximum Gasteiger partial charge on any atom is 0.0184 e. The van der Waals surface area contributed by atoms with Gasteiger partial charge in [0, 0.05) is 30.1 Å². The Morgan fingerprint density at radius 1 is 1.24 bits per heavy atom. The van der Waals surface area contributed by atoms with Crippen LogP contribution in [0.2, 0.25) is 0 Å². The van der Waals surface area contributed by atoms with E-state index < -0.39 is 0 Å². The van der Waals surface area contributed by atoms with E-state index in [9.17, 15) is 0 Å². The van der Waals surface area contributed by atoms with Crippen molar-refractivity contribution < 1.29 is 0 Å². The summed E-state index contributed by atoms with van der Waals surface area (Å²) in [5, 5.41) is 0.796. The number of rotatable bonds is 3. The molecule has 3 heteroatoms. The molecule has 1 saturated carbocycles. The zero-order valence-corrected chi connectivity index (χ0v) is 13.0. The van der Waals surface area contributed by atoms with Crippen molar-refractivity contribution in [3.63, 3.8) is 0 Å². The van der Waals surface area contributed by atoms with Gasteiger partial charge in [-0.25, -0.2) is 0 Å². The summed E-state index contributed by atoms with van der Waals surface area (Å²) in [4.78, 5) is 2.74. The van der Waals surface area contributed by atoms with Crippen LogP contribution in [-0.2, 0) is 0 Å². The molecule has 2 unspecified atom stereocenters. The number of thiol groups is 1. The van der Waals surface area contributed by atoms with Crippen LogP contribution in [0.3, 0.4) is 0 Å². The van der Waals surface area contributed by atoms with E-state index in [4.69, 9.17) is 0 Å². The molecule has 2 aliphatic rings. The molecule has 0 amide bonds. The number of thioether (sulfide) groups is 1. The van der Waals surface area contributed by atoms with E-state index in [0.29, 0.717) is 5.41 Å². The van der Waals surface area contributed by atoms with Crippen molar-refractivity contribution in [3.05, 3.63) is 0 Å². The molecule has 2 fully saturated rings. The van der Waals surface area contributed by atoms with Crippen molar-refractivity contribution in [2.75, 3.05) is 24.6 Å². The van der Waals surface area contributed by atoms with E-state index in [1.54, 1.807) is 0 Å². The van der Waals surface area contributed by atoms with E-state index in [1.807, 2.05) is 0 Å². The second-order valence-electron chi connectivity index (χ2n) is 6.01. The van der Waals surface area contributed by atoms with E-state index in [-0.39, 0.29) is 0 Å². The average molecular weight is 274 g/mol. The van der Waals surface area contributed by atoms with Crippen LogP contribution >= 0.6 is 24.4 Å². The molecule has 0 spiro atoms. The topological polar surface area (TPSA) is 3.24 Å². The van der Waals surface area contributed by atoms with E-state index >= 15 is 0 Å². The van der Waals surface area contributed by atoms with Crippen LogP contribution in [0, 0.1) is 5.41 Å². The molecule has 0 aromatic carbocycles. The minimum absolute atomic E-state index is 0.525. The van der Waals surface area contributed by atoms with Gasteiger partial charge in [0.15, 0.2) is 0 Å². The summed E-state index contributed by atoms with van der Waals surface area (Å²) in [6, 6.07) is 0.743. The van der Waals surface area contributed by atoms with Crippen LogP contribution in [0.4, 0.5) is 0 Å². The summed E-state index contributed by atoms with van der Waals surface area (Å²) < 4.78 is 0. The normalized spacial score (nSPS) is 34.8. The van der Waals surface area contributed by atoms with Gasteiger partial charge >= 0.3 is 0 Å². The van der Waals surface area contributed by atoms with Crippen LogP contribution in [0.15, 0.2) is 0 Å². The third-order valence-corrected chi connectivity index (χ3v) is 6.81. The fraction of sp³-hybridized carbons (Fsp3) is 1.00. The molecule has 0 N–H and O–H groups in total. The van der Waals surface area contributed by atoms with E-state index in [0.717, 1.165) is 17.0 Å². The van der Waals surface area contributed by atoms with E-state index in [1.165, 1.54) is 50.9 Å². The van der Waals surface area contributed by atoms with Gasteiger partial charge in [0.1, 0.15) is 0 Å². The second-order valence-corrected chi connectivity index (χ2v) is 7.81. The van der Waals surface area contributed by atoms with Crippen molar-refractivity contribution in [2.24, 2.45) is 5.41 Å². The lowest BCUT2D eigenvalue weighted by Gasteiger charge is -2.45. The summed E-state index contributed by atoms with van der Waals surface area (Å²) in [6.45, 7) is 7.37. The summed E-state index contributed by atoms with van der Waals surface area (Å²) >= 11 is 6.81. The number of hydrogen-bond acceptors (Lipinski definition) is 3. The van der Waals surface area contributed by atoms with Crippen molar-refractivity contribution in [1.82, 2.24) is 4.90 Å². The van der Waals surface area contributed by atoms with Gasteiger partial charge in [0.2, 0.25) is 0 Å². The molecule has 0 bridgehead atoms. The van der Waals surface area contributed by atoms with Crippen molar-refractivity contribution >= 4 is 24.4 Å². The van der Waals surface area contributed by atoms with Gasteiger partial charge in [-0.3, -0.25) is 4.90 Å². The standard InChI is InChI=1S/C14H27NS2/c1-12-13(2)17-9-8-15(12)10-14(11-16)6-4-3-5-7-14/h12-13,16H,3-11H2,1-2H3. The predicted octanol–water partition coefficient (Wildman–Crippen LogP) is 3.69. The predicted molar refractivity (Wildman–Crippen MR) is 82.3 cm³/mol. The molecule has 1 aliphatic heterocycles. The highest BCUT2D eigenvalue weighted by Gasteiger charge is 2.35. The minimum Gasteiger partial charge on any atom is -0.298 e. The Labute approximate surface area is 117 Å². The lowest BCUT2D eigenvalue weighted by molar-refractivity contribution is 0.100. The van der Waals surface area contributed by atoms with Gasteiger partial charge in [-0.05, 0) is 30.9 Å². The average Bonchev–Trinajstić information content (AvgIpc) is 2.36. The fourth-order valence-corrected chi connectivity index (χ4v) is 4.90. The van der Waals surface area contributed by atoms with Crippen molar-refractivity contribution in [1.29, 1.82) is 0 Å². The highest BCUT2D eigenvalue weighted by Crippen LogP contribution is 2.39. The molecule has 0 aromatic heterocycles. The highest BCUT2D eigenvalue weighted by atomic mass is 32.2. The molecule has 1 nitrogen and oxygen atoms in total. The molecule has 0 aromatic rings. The van der Waals surface area contributed by atoms with Gasteiger partial charge in [-0.2, -0.15) is 24.4 Å². The van der Waals surface area contributed by atoms with Crippen LogP contribution in [0.25, 0.3) is 0 Å². The molecular formula is C14H27NS2. The monoisotopic (exact) mass is 273 g/mol. The molecule has 2 atom stereocenters. The lowest BCUT2D eigenvalue weighted by atomic mass is 9.75. The Hall–Kier alpha value is 0.660.